The van der Waals surface area contributed by atoms with Gasteiger partial charge < -0.3 is 0 Å². The van der Waals surface area contributed by atoms with E-state index in [0.717, 1.165) is 0 Å². The van der Waals surface area contributed by atoms with Gasteiger partial charge in [0.2, 0.25) is 0 Å². The Morgan fingerprint density at radius 1 is 0.611 bits per heavy atom. The van der Waals surface area contributed by atoms with E-state index >= 15 is 0 Å². The molecule has 4 aliphatic rings. The van der Waals surface area contributed by atoms with E-state index in [-0.39, 0.29) is 0 Å². The van der Waals surface area contributed by atoms with Crippen molar-refractivity contribution < 1.29 is 0 Å². The number of allylic oxidation sites excluding steroid dienone is 5. The zero-order chi connectivity index (χ0) is 23.4. The predicted molar refractivity (Wildman–Crippen MR) is 152 cm³/mol. The SMILES string of the molecule is C1=CC2C=C(c3ccccc3)C3=CC=c4c(c1c1ccc5c6c(ccc4c16)C=C5c1ccccc1)C32. The Balaban J connectivity index is 1.34. The fraction of sp³-hybridized carbons (Fsp3) is 0.0556. The first-order chi connectivity index (χ1) is 17.9. The van der Waals surface area contributed by atoms with E-state index in [1.54, 1.807) is 0 Å². The van der Waals surface area contributed by atoms with Crippen molar-refractivity contribution in [3.8, 4) is 0 Å². The summed E-state index contributed by atoms with van der Waals surface area (Å²) in [6, 6.07) is 31.2. The van der Waals surface area contributed by atoms with E-state index in [4.69, 9.17) is 0 Å². The molecule has 4 aliphatic carbocycles. The normalized spacial score (nSPS) is 20.3. The Labute approximate surface area is 209 Å². The fourth-order valence-corrected chi connectivity index (χ4v) is 7.26. The first-order valence-corrected chi connectivity index (χ1v) is 12.9. The first kappa shape index (κ1) is 18.9. The highest BCUT2D eigenvalue weighted by atomic mass is 14.4. The van der Waals surface area contributed by atoms with Crippen molar-refractivity contribution in [2.75, 3.05) is 0 Å². The van der Waals surface area contributed by atoms with Crippen LogP contribution in [0.15, 0.2) is 109 Å². The summed E-state index contributed by atoms with van der Waals surface area (Å²) in [5.74, 6) is 0.831. The third kappa shape index (κ3) is 2.25. The van der Waals surface area contributed by atoms with Crippen LogP contribution in [-0.2, 0) is 0 Å². The van der Waals surface area contributed by atoms with Crippen LogP contribution < -0.4 is 5.22 Å². The van der Waals surface area contributed by atoms with Crippen molar-refractivity contribution in [2.45, 2.75) is 5.92 Å². The number of benzene rings is 5. The molecular weight excluding hydrogens is 432 g/mol. The van der Waals surface area contributed by atoms with E-state index in [1.807, 2.05) is 0 Å². The van der Waals surface area contributed by atoms with Crippen molar-refractivity contribution in [1.29, 1.82) is 0 Å². The molecule has 2 atom stereocenters. The molecule has 0 radical (unpaired) electrons. The van der Waals surface area contributed by atoms with Crippen molar-refractivity contribution in [1.82, 2.24) is 0 Å². The highest BCUT2D eigenvalue weighted by molar-refractivity contribution is 6.24. The predicted octanol–water partition coefficient (Wildman–Crippen LogP) is 8.16. The zero-order valence-corrected chi connectivity index (χ0v) is 19.7. The van der Waals surface area contributed by atoms with E-state index in [9.17, 15) is 0 Å². The lowest BCUT2D eigenvalue weighted by atomic mass is 9.72. The summed E-state index contributed by atoms with van der Waals surface area (Å²) < 4.78 is 0. The van der Waals surface area contributed by atoms with Gasteiger partial charge in [0, 0.05) is 11.8 Å². The van der Waals surface area contributed by atoms with Gasteiger partial charge in [-0.15, -0.1) is 0 Å². The molecule has 0 N–H and O–H groups in total. The molecule has 5 aromatic carbocycles. The molecule has 166 valence electrons. The lowest BCUT2D eigenvalue weighted by Crippen LogP contribution is -2.25. The van der Waals surface area contributed by atoms with Gasteiger partial charge in [-0.1, -0.05) is 115 Å². The van der Waals surface area contributed by atoms with Crippen molar-refractivity contribution in [2.24, 2.45) is 5.92 Å². The lowest BCUT2D eigenvalue weighted by Gasteiger charge is -2.30. The van der Waals surface area contributed by atoms with E-state index in [0.29, 0.717) is 11.8 Å². The monoisotopic (exact) mass is 454 g/mol. The standard InChI is InChI=1S/C36H22/c1-3-7-21(8-4-1)31-19-23-11-13-25-28-16-18-30-32(22-9-5-2-6-10-22)20-24-12-14-26(36(28)34(24)30)27-15-17-29(31)33(23)35(25)27/h1-20,23,33H. The molecule has 0 aliphatic heterocycles. The van der Waals surface area contributed by atoms with Gasteiger partial charge in [0.1, 0.15) is 0 Å². The minimum absolute atomic E-state index is 0.408. The topological polar surface area (TPSA) is 0 Å². The van der Waals surface area contributed by atoms with Crippen molar-refractivity contribution in [3.63, 3.8) is 0 Å². The molecule has 0 spiro atoms. The van der Waals surface area contributed by atoms with Gasteiger partial charge in [-0.05, 0) is 82.9 Å². The number of rotatable bonds is 2. The van der Waals surface area contributed by atoms with Gasteiger partial charge in [-0.25, -0.2) is 0 Å². The van der Waals surface area contributed by atoms with Gasteiger partial charge in [0.15, 0.2) is 0 Å². The van der Waals surface area contributed by atoms with E-state index < -0.39 is 0 Å². The molecule has 0 aromatic heterocycles. The Hall–Kier alpha value is -4.42. The third-order valence-corrected chi connectivity index (χ3v) is 8.73. The third-order valence-electron chi connectivity index (χ3n) is 8.73. The summed E-state index contributed by atoms with van der Waals surface area (Å²) >= 11 is 0. The molecule has 0 saturated heterocycles. The smallest absolute Gasteiger partial charge is 0.0206 e. The van der Waals surface area contributed by atoms with Crippen LogP contribution in [0.1, 0.15) is 39.3 Å². The van der Waals surface area contributed by atoms with Gasteiger partial charge >= 0.3 is 0 Å². The van der Waals surface area contributed by atoms with Crippen LogP contribution >= 0.6 is 0 Å². The molecule has 0 saturated carbocycles. The Morgan fingerprint density at radius 3 is 2.17 bits per heavy atom. The molecule has 0 bridgehead atoms. The van der Waals surface area contributed by atoms with Crippen LogP contribution in [0.2, 0.25) is 0 Å². The highest BCUT2D eigenvalue weighted by Crippen LogP contribution is 2.53. The van der Waals surface area contributed by atoms with E-state index in [1.165, 1.54) is 76.9 Å². The molecule has 0 fully saturated rings. The first-order valence-electron chi connectivity index (χ1n) is 12.9. The largest absolute Gasteiger partial charge is 0.0760 e. The molecule has 0 heterocycles. The van der Waals surface area contributed by atoms with Gasteiger partial charge in [-0.2, -0.15) is 0 Å². The summed E-state index contributed by atoms with van der Waals surface area (Å²) in [6.45, 7) is 0. The molecule has 0 amide bonds. The Morgan fingerprint density at radius 2 is 1.36 bits per heavy atom. The van der Waals surface area contributed by atoms with Crippen molar-refractivity contribution in [3.05, 3.63) is 147 Å². The molecule has 5 aromatic rings. The zero-order valence-electron chi connectivity index (χ0n) is 19.7. The fourth-order valence-electron chi connectivity index (χ4n) is 7.26. The number of hydrogen-bond acceptors (Lipinski definition) is 0. The van der Waals surface area contributed by atoms with Gasteiger partial charge in [0.05, 0.1) is 0 Å². The average molecular weight is 455 g/mol. The quantitative estimate of drug-likeness (QED) is 0.248. The second-order valence-corrected chi connectivity index (χ2v) is 10.4. The highest BCUT2D eigenvalue weighted by Gasteiger charge is 2.38. The van der Waals surface area contributed by atoms with Gasteiger partial charge in [-0.3, -0.25) is 0 Å². The number of hydrogen-bond donors (Lipinski definition) is 0. The van der Waals surface area contributed by atoms with Crippen LogP contribution in [0.25, 0.3) is 50.9 Å². The van der Waals surface area contributed by atoms with Crippen LogP contribution in [0, 0.1) is 5.92 Å². The van der Waals surface area contributed by atoms with Crippen LogP contribution in [0.4, 0.5) is 0 Å². The average Bonchev–Trinajstić information content (AvgIpc) is 3.52. The second-order valence-electron chi connectivity index (χ2n) is 10.4. The molecule has 36 heavy (non-hydrogen) atoms. The maximum absolute atomic E-state index is 2.49. The molecular formula is C36H22. The summed E-state index contributed by atoms with van der Waals surface area (Å²) in [6.07, 6.45) is 14.5. The molecule has 0 nitrogen and oxygen atoms in total. The van der Waals surface area contributed by atoms with Crippen LogP contribution in [-0.4, -0.2) is 0 Å². The Kier molecular flexibility index (Phi) is 3.47. The molecule has 0 heteroatoms. The van der Waals surface area contributed by atoms with Gasteiger partial charge in [0.25, 0.3) is 0 Å². The molecule has 9 rings (SSSR count). The van der Waals surface area contributed by atoms with Crippen LogP contribution in [0.3, 0.4) is 0 Å². The lowest BCUT2D eigenvalue weighted by molar-refractivity contribution is 0.703. The Bertz CT molecular complexity index is 1960. The maximum Gasteiger partial charge on any atom is 0.0206 e. The summed E-state index contributed by atoms with van der Waals surface area (Å²) in [4.78, 5) is 0. The number of fused-ring (bicyclic) bond motifs is 2. The summed E-state index contributed by atoms with van der Waals surface area (Å²) in [7, 11) is 0. The minimum atomic E-state index is 0.408. The molecule has 2 unspecified atom stereocenters. The van der Waals surface area contributed by atoms with Crippen molar-refractivity contribution >= 4 is 50.9 Å². The summed E-state index contributed by atoms with van der Waals surface area (Å²) in [5, 5.41) is 7.04. The minimum Gasteiger partial charge on any atom is -0.0760 e. The van der Waals surface area contributed by atoms with E-state index in [2.05, 4.69) is 121 Å². The second kappa shape index (κ2) is 6.62. The van der Waals surface area contributed by atoms with Crippen LogP contribution in [0.5, 0.6) is 0 Å². The maximum atomic E-state index is 2.49. The summed E-state index contributed by atoms with van der Waals surface area (Å²) in [5.41, 5.74) is 12.5.